The Balaban J connectivity index is 0. The molecule has 4 heteroatoms. The Morgan fingerprint density at radius 1 is 1.58 bits per heavy atom. The zero-order valence-electron chi connectivity index (χ0n) is 7.76. The maximum absolute atomic E-state index is 10.7. The molecule has 0 aliphatic rings. The summed E-state index contributed by atoms with van der Waals surface area (Å²) in [6, 6.07) is 0. The van der Waals surface area contributed by atoms with Crippen molar-refractivity contribution in [2.75, 3.05) is 6.61 Å². The van der Waals surface area contributed by atoms with E-state index in [-0.39, 0.29) is 50.0 Å². The van der Waals surface area contributed by atoms with Gasteiger partial charge < -0.3 is 10.5 Å². The molecule has 0 aromatic carbocycles. The topological polar surface area (TPSA) is 50.1 Å². The van der Waals surface area contributed by atoms with Crippen LogP contribution in [0.15, 0.2) is 11.8 Å². The SMILES string of the molecule is CCOC(=O)/C=C(/[NH-])C(C)C.[Ac]. The zero-order chi connectivity index (χ0) is 8.85. The van der Waals surface area contributed by atoms with Gasteiger partial charge in [-0.15, -0.1) is 0 Å². The van der Waals surface area contributed by atoms with E-state index in [1.807, 2.05) is 13.8 Å². The average molecular weight is 383 g/mol. The minimum Gasteiger partial charge on any atom is -0.702 e. The van der Waals surface area contributed by atoms with Gasteiger partial charge in [-0.1, -0.05) is 13.8 Å². The maximum Gasteiger partial charge on any atom is 0.329 e. The Bertz CT molecular complexity index is 166. The van der Waals surface area contributed by atoms with Gasteiger partial charge in [0.05, 0.1) is 6.61 Å². The van der Waals surface area contributed by atoms with E-state index >= 15 is 0 Å². The fourth-order valence-electron chi connectivity index (χ4n) is 0.478. The summed E-state index contributed by atoms with van der Waals surface area (Å²) in [6.07, 6.45) is 1.22. The molecule has 0 aromatic heterocycles. The fourth-order valence-corrected chi connectivity index (χ4v) is 0.478. The van der Waals surface area contributed by atoms with Gasteiger partial charge in [0.25, 0.3) is 0 Å². The summed E-state index contributed by atoms with van der Waals surface area (Å²) in [7, 11) is 0. The number of hydrogen-bond donors (Lipinski definition) is 0. The smallest absolute Gasteiger partial charge is 0.329 e. The van der Waals surface area contributed by atoms with E-state index < -0.39 is 5.97 Å². The van der Waals surface area contributed by atoms with Crippen molar-refractivity contribution in [3.63, 3.8) is 0 Å². The molecule has 3 nitrogen and oxygen atoms in total. The van der Waals surface area contributed by atoms with Crippen LogP contribution < -0.4 is 0 Å². The molecule has 0 unspecified atom stereocenters. The van der Waals surface area contributed by atoms with Crippen molar-refractivity contribution in [3.8, 4) is 0 Å². The van der Waals surface area contributed by atoms with E-state index in [2.05, 4.69) is 4.74 Å². The second-order valence-corrected chi connectivity index (χ2v) is 2.51. The normalized spacial score (nSPS) is 10.8. The number of carbonyl (C=O) groups excluding carboxylic acids is 1. The molecule has 12 heavy (non-hydrogen) atoms. The molecule has 1 radical (unpaired) electrons. The third-order valence-corrected chi connectivity index (χ3v) is 1.18. The molecule has 0 fully saturated rings. The minimum absolute atomic E-state index is 0. The minimum atomic E-state index is -0.425. The van der Waals surface area contributed by atoms with Crippen LogP contribution >= 0.6 is 0 Å². The van der Waals surface area contributed by atoms with Crippen molar-refractivity contribution in [1.29, 1.82) is 0 Å². The molecule has 0 atom stereocenters. The van der Waals surface area contributed by atoms with Crippen molar-refractivity contribution in [1.82, 2.24) is 0 Å². The summed E-state index contributed by atoms with van der Waals surface area (Å²) in [6.45, 7) is 5.82. The van der Waals surface area contributed by atoms with Crippen molar-refractivity contribution < 1.29 is 53.6 Å². The van der Waals surface area contributed by atoms with Crippen molar-refractivity contribution in [2.45, 2.75) is 20.8 Å². The average Bonchev–Trinajstić information content (AvgIpc) is 1.87. The molecular formula is C8H14AcNO2-. The van der Waals surface area contributed by atoms with Gasteiger partial charge in [-0.2, -0.15) is 5.70 Å². The standard InChI is InChI=1S/C8H15NO2.Ac/c1-4-11-8(10)5-7(9)6(2)3;/h5-6H,4H2,1-3H3,(H2,9,10);/p-1. The number of ether oxygens (including phenoxy) is 1. The first kappa shape index (κ1) is 14.9. The summed E-state index contributed by atoms with van der Waals surface area (Å²) >= 11 is 0. The Morgan fingerprint density at radius 3 is 2.42 bits per heavy atom. The first-order valence-corrected chi connectivity index (χ1v) is 3.67. The van der Waals surface area contributed by atoms with Crippen molar-refractivity contribution >= 4 is 5.97 Å². The number of allylic oxidation sites excluding steroid dienone is 1. The van der Waals surface area contributed by atoms with Crippen LogP contribution in [0.25, 0.3) is 5.73 Å². The van der Waals surface area contributed by atoms with Crippen LogP contribution in [0.2, 0.25) is 0 Å². The summed E-state index contributed by atoms with van der Waals surface area (Å²) in [4.78, 5) is 10.7. The van der Waals surface area contributed by atoms with Gasteiger partial charge in [-0.05, 0) is 12.8 Å². The monoisotopic (exact) mass is 383 g/mol. The van der Waals surface area contributed by atoms with E-state index in [9.17, 15) is 4.79 Å². The number of nitrogens with one attached hydrogen (secondary N) is 1. The maximum atomic E-state index is 10.7. The molecule has 0 aromatic rings. The van der Waals surface area contributed by atoms with Crippen LogP contribution in [0, 0.1) is 50.0 Å². The predicted octanol–water partition coefficient (Wildman–Crippen LogP) is 2.14. The van der Waals surface area contributed by atoms with E-state index in [0.29, 0.717) is 12.3 Å². The van der Waals surface area contributed by atoms with Crippen LogP contribution in [0.1, 0.15) is 20.8 Å². The number of hydrogen-bond acceptors (Lipinski definition) is 2. The molecule has 0 saturated heterocycles. The van der Waals surface area contributed by atoms with Crippen LogP contribution in [0.3, 0.4) is 0 Å². The van der Waals surface area contributed by atoms with Gasteiger partial charge in [0.1, 0.15) is 0 Å². The largest absolute Gasteiger partial charge is 0.702 e. The van der Waals surface area contributed by atoms with Gasteiger partial charge in [-0.3, -0.25) is 0 Å². The Kier molecular flexibility index (Phi) is 10.1. The summed E-state index contributed by atoms with van der Waals surface area (Å²) in [5.74, 6) is -0.342. The summed E-state index contributed by atoms with van der Waals surface area (Å²) in [5.41, 5.74) is 7.60. The van der Waals surface area contributed by atoms with Gasteiger partial charge in [0.15, 0.2) is 0 Å². The predicted molar refractivity (Wildman–Crippen MR) is 43.9 cm³/mol. The van der Waals surface area contributed by atoms with E-state index in [4.69, 9.17) is 5.73 Å². The van der Waals surface area contributed by atoms with Gasteiger partial charge in [0, 0.05) is 50.1 Å². The van der Waals surface area contributed by atoms with Crippen molar-refractivity contribution in [2.24, 2.45) is 5.92 Å². The van der Waals surface area contributed by atoms with Gasteiger partial charge in [0.2, 0.25) is 0 Å². The van der Waals surface area contributed by atoms with E-state index in [1.54, 1.807) is 6.92 Å². The fraction of sp³-hybridized carbons (Fsp3) is 0.625. The third-order valence-electron chi connectivity index (χ3n) is 1.18. The van der Waals surface area contributed by atoms with Crippen LogP contribution in [-0.2, 0) is 9.53 Å². The molecule has 0 bridgehead atoms. The number of carbonyl (C=O) groups is 1. The molecule has 67 valence electrons. The molecule has 0 aliphatic heterocycles. The molecule has 1 N–H and O–H groups in total. The van der Waals surface area contributed by atoms with Crippen molar-refractivity contribution in [3.05, 3.63) is 17.5 Å². The van der Waals surface area contributed by atoms with E-state index in [0.717, 1.165) is 0 Å². The summed E-state index contributed by atoms with van der Waals surface area (Å²) in [5, 5.41) is 0. The second-order valence-electron chi connectivity index (χ2n) is 2.51. The molecular weight excluding hydrogens is 369 g/mol. The quantitative estimate of drug-likeness (QED) is 0.554. The first-order valence-electron chi connectivity index (χ1n) is 3.67. The number of rotatable bonds is 3. The molecule has 0 rings (SSSR count). The molecule has 0 amide bonds. The van der Waals surface area contributed by atoms with Crippen LogP contribution in [-0.4, -0.2) is 12.6 Å². The van der Waals surface area contributed by atoms with Gasteiger partial charge in [-0.25, -0.2) is 4.79 Å². The second kappa shape index (κ2) is 8.07. The Labute approximate surface area is 109 Å². The van der Waals surface area contributed by atoms with E-state index in [1.165, 1.54) is 6.08 Å². The number of esters is 1. The van der Waals surface area contributed by atoms with Crippen LogP contribution in [0.4, 0.5) is 0 Å². The Hall–Kier alpha value is 0.452. The Morgan fingerprint density at radius 2 is 2.08 bits per heavy atom. The third kappa shape index (κ3) is 7.12. The zero-order valence-corrected chi connectivity index (χ0v) is 12.5. The molecule has 0 aliphatic carbocycles. The van der Waals surface area contributed by atoms with Gasteiger partial charge >= 0.3 is 5.97 Å². The first-order chi connectivity index (χ1) is 5.07. The van der Waals surface area contributed by atoms with Crippen LogP contribution in [0.5, 0.6) is 0 Å². The summed E-state index contributed by atoms with van der Waals surface area (Å²) < 4.78 is 4.63. The molecule has 0 heterocycles. The molecule has 0 spiro atoms. The molecule has 0 saturated carbocycles.